The first-order valence-electron chi connectivity index (χ1n) is 12.6. The van der Waals surface area contributed by atoms with Crippen molar-refractivity contribution in [2.75, 3.05) is 13.2 Å². The van der Waals surface area contributed by atoms with Gasteiger partial charge >= 0.3 is 0 Å². The van der Waals surface area contributed by atoms with Crippen molar-refractivity contribution in [2.45, 2.75) is 13.5 Å². The second kappa shape index (κ2) is 11.0. The number of benzene rings is 3. The molecule has 0 saturated heterocycles. The fraction of sp³-hybridized carbons (Fsp3) is 0.133. The van der Waals surface area contributed by atoms with E-state index < -0.39 is 5.91 Å². The average molecular weight is 570 g/mol. The molecule has 0 aliphatic carbocycles. The number of fused-ring (bicyclic) bond motifs is 2. The van der Waals surface area contributed by atoms with E-state index in [9.17, 15) is 4.79 Å². The number of nitrogens with one attached hydrogen (secondary N) is 1. The summed E-state index contributed by atoms with van der Waals surface area (Å²) < 4.78 is 13.9. The third kappa shape index (κ3) is 5.13. The summed E-state index contributed by atoms with van der Waals surface area (Å²) in [5.41, 5.74) is 3.01. The van der Waals surface area contributed by atoms with E-state index >= 15 is 0 Å². The van der Waals surface area contributed by atoms with Gasteiger partial charge in [0.1, 0.15) is 29.8 Å². The molecule has 0 bridgehead atoms. The predicted octanol–water partition coefficient (Wildman–Crippen LogP) is 6.38. The Hall–Kier alpha value is -4.34. The van der Waals surface area contributed by atoms with Gasteiger partial charge < -0.3 is 14.0 Å². The summed E-state index contributed by atoms with van der Waals surface area (Å²) in [5, 5.41) is 17.3. The molecule has 0 atom stereocenters. The van der Waals surface area contributed by atoms with E-state index in [-0.39, 0.29) is 18.0 Å². The molecular weight excluding hydrogens is 546 g/mol. The molecule has 2 aliphatic heterocycles. The van der Waals surface area contributed by atoms with Gasteiger partial charge in [-0.1, -0.05) is 48.0 Å². The second-order valence-corrected chi connectivity index (χ2v) is 10.6. The number of carbonyl (C=O) groups excluding carboxylic acids is 1. The topological polar surface area (TPSA) is 92.3 Å². The lowest BCUT2D eigenvalue weighted by Gasteiger charge is -2.20. The molecule has 6 rings (SSSR count). The number of halogens is 1. The van der Waals surface area contributed by atoms with Crippen LogP contribution in [0, 0.1) is 12.3 Å². The van der Waals surface area contributed by atoms with Crippen molar-refractivity contribution >= 4 is 62.3 Å². The number of hydrogen-bond acceptors (Lipinski definition) is 6. The minimum atomic E-state index is -0.466. The van der Waals surface area contributed by atoms with E-state index in [1.54, 1.807) is 18.2 Å². The van der Waals surface area contributed by atoms with Crippen LogP contribution in [0.25, 0.3) is 17.0 Å². The minimum Gasteiger partial charge on any atom is -0.492 e. The number of carbonyl (C=O) groups is 1. The number of para-hydroxylation sites is 2. The number of ether oxygens (including phenoxy) is 2. The predicted molar refractivity (Wildman–Crippen MR) is 161 cm³/mol. The lowest BCUT2D eigenvalue weighted by atomic mass is 10.1. The third-order valence-electron chi connectivity index (χ3n) is 6.57. The van der Waals surface area contributed by atoms with E-state index in [2.05, 4.69) is 14.7 Å². The molecule has 0 saturated carbocycles. The fourth-order valence-electron chi connectivity index (χ4n) is 4.61. The lowest BCUT2D eigenvalue weighted by molar-refractivity contribution is -0.114. The van der Waals surface area contributed by atoms with Gasteiger partial charge in [-0.15, -0.1) is 0 Å². The first kappa shape index (κ1) is 25.9. The zero-order valence-electron chi connectivity index (χ0n) is 21.5. The lowest BCUT2D eigenvalue weighted by Crippen LogP contribution is -2.35. The Kier molecular flexibility index (Phi) is 7.15. The number of aliphatic imine (C=N–C) groups is 1. The summed E-state index contributed by atoms with van der Waals surface area (Å²) in [5.74, 6) is 0.981. The van der Waals surface area contributed by atoms with Crippen LogP contribution >= 0.6 is 23.4 Å². The van der Waals surface area contributed by atoms with Crippen molar-refractivity contribution in [3.05, 3.63) is 101 Å². The van der Waals surface area contributed by atoms with Crippen LogP contribution in [0.15, 0.2) is 94.5 Å². The van der Waals surface area contributed by atoms with Gasteiger partial charge in [-0.05, 0) is 67.2 Å². The molecule has 1 N–H and O–H groups in total. The first-order valence-corrected chi connectivity index (χ1v) is 13.8. The molecule has 4 aromatic rings. The molecule has 3 heterocycles. The second-order valence-electron chi connectivity index (χ2n) is 9.09. The Morgan fingerprint density at radius 3 is 2.50 bits per heavy atom. The molecule has 8 nitrogen and oxygen atoms in total. The SMILES string of the molecule is Cc1c(C=C2C(=N)N3N=C(COc4ccccc4)SC3=NC2=O)c2ccccc2n1CCOc1ccc(Cl)cc1. The summed E-state index contributed by atoms with van der Waals surface area (Å²) >= 11 is 7.21. The molecule has 0 unspecified atom stereocenters. The molecule has 200 valence electrons. The van der Waals surface area contributed by atoms with Crippen molar-refractivity contribution in [1.82, 2.24) is 9.58 Å². The monoisotopic (exact) mass is 569 g/mol. The maximum atomic E-state index is 13.1. The number of rotatable bonds is 8. The highest BCUT2D eigenvalue weighted by molar-refractivity contribution is 8.27. The molecule has 40 heavy (non-hydrogen) atoms. The quantitative estimate of drug-likeness (QED) is 0.249. The van der Waals surface area contributed by atoms with Crippen LogP contribution in [-0.2, 0) is 11.3 Å². The highest BCUT2D eigenvalue weighted by atomic mass is 35.5. The standard InChI is InChI=1S/C30H24ClN5O3S/c1-19-24(23-9-5-6-10-26(23)35(19)15-16-38-22-13-11-20(31)12-14-22)17-25-28(32)36-30(33-29(25)37)40-27(34-36)18-39-21-7-3-2-4-8-21/h2-14,17,32H,15-16,18H2,1H3. The Balaban J connectivity index is 1.25. The van der Waals surface area contributed by atoms with Gasteiger partial charge in [0.2, 0.25) is 5.17 Å². The number of nitrogens with zero attached hydrogens (tertiary/aromatic N) is 4. The Bertz CT molecular complexity index is 1710. The normalized spacial score (nSPS) is 15.8. The van der Waals surface area contributed by atoms with E-state index in [1.165, 1.54) is 16.8 Å². The highest BCUT2D eigenvalue weighted by Gasteiger charge is 2.36. The minimum absolute atomic E-state index is 0.0143. The van der Waals surface area contributed by atoms with E-state index in [4.69, 9.17) is 26.5 Å². The maximum absolute atomic E-state index is 13.1. The van der Waals surface area contributed by atoms with Crippen molar-refractivity contribution in [2.24, 2.45) is 10.1 Å². The smallest absolute Gasteiger partial charge is 0.283 e. The van der Waals surface area contributed by atoms with Gasteiger partial charge in [-0.2, -0.15) is 15.1 Å². The van der Waals surface area contributed by atoms with E-state index in [0.717, 1.165) is 33.7 Å². The number of hydrazone groups is 1. The van der Waals surface area contributed by atoms with Gasteiger partial charge in [0.15, 0.2) is 5.84 Å². The molecular formula is C30H24ClN5O3S. The van der Waals surface area contributed by atoms with Crippen LogP contribution in [-0.4, -0.2) is 44.7 Å². The third-order valence-corrected chi connectivity index (χ3v) is 7.70. The van der Waals surface area contributed by atoms with Gasteiger partial charge in [-0.25, -0.2) is 0 Å². The number of amides is 1. The van der Waals surface area contributed by atoms with Gasteiger partial charge in [0, 0.05) is 27.2 Å². The summed E-state index contributed by atoms with van der Waals surface area (Å²) in [6.45, 7) is 3.27. The van der Waals surface area contributed by atoms with Gasteiger partial charge in [0.25, 0.3) is 5.91 Å². The number of aromatic nitrogens is 1. The van der Waals surface area contributed by atoms with Crippen LogP contribution in [0.1, 0.15) is 11.3 Å². The summed E-state index contributed by atoms with van der Waals surface area (Å²) in [4.78, 5) is 17.3. The molecule has 3 aromatic carbocycles. The van der Waals surface area contributed by atoms with Gasteiger partial charge in [0.05, 0.1) is 12.1 Å². The van der Waals surface area contributed by atoms with Gasteiger partial charge in [-0.3, -0.25) is 10.2 Å². The summed E-state index contributed by atoms with van der Waals surface area (Å²) in [6, 6.07) is 24.7. The van der Waals surface area contributed by atoms with E-state index in [0.29, 0.717) is 28.4 Å². The zero-order chi connectivity index (χ0) is 27.6. The largest absolute Gasteiger partial charge is 0.492 e. The molecule has 1 aromatic heterocycles. The van der Waals surface area contributed by atoms with Crippen molar-refractivity contribution in [3.8, 4) is 11.5 Å². The summed E-state index contributed by atoms with van der Waals surface area (Å²) in [6.07, 6.45) is 1.75. The molecule has 0 radical (unpaired) electrons. The fourth-order valence-corrected chi connectivity index (χ4v) is 5.53. The van der Waals surface area contributed by atoms with Crippen LogP contribution in [0.4, 0.5) is 0 Å². The number of amidine groups is 2. The van der Waals surface area contributed by atoms with Crippen molar-refractivity contribution in [1.29, 1.82) is 5.41 Å². The average Bonchev–Trinajstić information content (AvgIpc) is 3.50. The molecule has 10 heteroatoms. The zero-order valence-corrected chi connectivity index (χ0v) is 23.1. The number of hydrogen-bond donors (Lipinski definition) is 1. The molecule has 0 spiro atoms. The molecule has 2 aliphatic rings. The molecule has 1 amide bonds. The van der Waals surface area contributed by atoms with Crippen LogP contribution in [0.5, 0.6) is 11.5 Å². The van der Waals surface area contributed by atoms with Crippen LogP contribution < -0.4 is 9.47 Å². The maximum Gasteiger partial charge on any atom is 0.283 e. The first-order chi connectivity index (χ1) is 19.5. The Labute approximate surface area is 240 Å². The summed E-state index contributed by atoms with van der Waals surface area (Å²) in [7, 11) is 0. The Morgan fingerprint density at radius 1 is 0.975 bits per heavy atom. The van der Waals surface area contributed by atoms with Crippen molar-refractivity contribution < 1.29 is 14.3 Å². The Morgan fingerprint density at radius 2 is 1.70 bits per heavy atom. The van der Waals surface area contributed by atoms with Crippen molar-refractivity contribution in [3.63, 3.8) is 0 Å². The van der Waals surface area contributed by atoms with Crippen LogP contribution in [0.2, 0.25) is 5.02 Å². The van der Waals surface area contributed by atoms with Crippen LogP contribution in [0.3, 0.4) is 0 Å². The molecule has 0 fully saturated rings. The highest BCUT2D eigenvalue weighted by Crippen LogP contribution is 2.32. The number of thioether (sulfide) groups is 1. The van der Waals surface area contributed by atoms with E-state index in [1.807, 2.05) is 73.7 Å².